The van der Waals surface area contributed by atoms with Gasteiger partial charge in [0.1, 0.15) is 24.3 Å². The summed E-state index contributed by atoms with van der Waals surface area (Å²) in [5.74, 6) is -0.583. The van der Waals surface area contributed by atoms with Crippen LogP contribution >= 0.6 is 0 Å². The lowest BCUT2D eigenvalue weighted by Crippen LogP contribution is -2.37. The Morgan fingerprint density at radius 1 is 1.00 bits per heavy atom. The number of aromatic nitrogens is 4. The molecule has 2 heterocycles. The zero-order valence-electron chi connectivity index (χ0n) is 19.2. The molecule has 0 radical (unpaired) electrons. The fourth-order valence-corrected chi connectivity index (χ4v) is 3.85. The van der Waals surface area contributed by atoms with Crippen LogP contribution in [-0.4, -0.2) is 51.1 Å². The van der Waals surface area contributed by atoms with E-state index < -0.39 is 17.9 Å². The van der Waals surface area contributed by atoms with Crippen LogP contribution in [0.15, 0.2) is 53.5 Å². The van der Waals surface area contributed by atoms with E-state index in [9.17, 15) is 9.59 Å². The predicted molar refractivity (Wildman–Crippen MR) is 122 cm³/mol. The van der Waals surface area contributed by atoms with Gasteiger partial charge in [0.15, 0.2) is 0 Å². The van der Waals surface area contributed by atoms with Gasteiger partial charge < -0.3 is 14.2 Å². The molecule has 10 nitrogen and oxygen atoms in total. The number of ether oxygens (including phenoxy) is 3. The van der Waals surface area contributed by atoms with Gasteiger partial charge in [-0.15, -0.1) is 0 Å². The van der Waals surface area contributed by atoms with E-state index in [-0.39, 0.29) is 19.2 Å². The molecule has 0 amide bonds. The summed E-state index contributed by atoms with van der Waals surface area (Å²) in [5, 5.41) is 11.8. The summed E-state index contributed by atoms with van der Waals surface area (Å²) < 4.78 is 18.0. The van der Waals surface area contributed by atoms with Crippen molar-refractivity contribution in [3.05, 3.63) is 65.2 Å². The highest BCUT2D eigenvalue weighted by Gasteiger charge is 2.41. The summed E-state index contributed by atoms with van der Waals surface area (Å²) in [6.45, 7) is 6.12. The van der Waals surface area contributed by atoms with Crippen molar-refractivity contribution in [3.8, 4) is 5.75 Å². The Morgan fingerprint density at radius 2 is 1.74 bits per heavy atom. The van der Waals surface area contributed by atoms with Gasteiger partial charge in [-0.25, -0.2) is 14.5 Å². The molecule has 2 unspecified atom stereocenters. The Balaban J connectivity index is 1.61. The molecule has 1 aliphatic rings. The van der Waals surface area contributed by atoms with Gasteiger partial charge in [0.25, 0.3) is 5.95 Å². The molecule has 0 aliphatic carbocycles. The van der Waals surface area contributed by atoms with Crippen LogP contribution in [0.1, 0.15) is 48.3 Å². The molecule has 0 N–H and O–H groups in total. The Labute approximate surface area is 196 Å². The first-order valence-corrected chi connectivity index (χ1v) is 11.0. The molecule has 10 heteroatoms. The van der Waals surface area contributed by atoms with E-state index in [0.29, 0.717) is 29.6 Å². The van der Waals surface area contributed by atoms with Crippen LogP contribution < -0.4 is 4.74 Å². The molecule has 1 aliphatic heterocycles. The van der Waals surface area contributed by atoms with E-state index in [2.05, 4.69) is 20.5 Å². The highest BCUT2D eigenvalue weighted by molar-refractivity contribution is 6.03. The van der Waals surface area contributed by atoms with Crippen LogP contribution in [0.3, 0.4) is 0 Å². The van der Waals surface area contributed by atoms with Crippen LogP contribution in [0.25, 0.3) is 0 Å². The van der Waals surface area contributed by atoms with Crippen LogP contribution in [0.4, 0.5) is 5.95 Å². The predicted octanol–water partition coefficient (Wildman–Crippen LogP) is 3.30. The second kappa shape index (κ2) is 10.2. The van der Waals surface area contributed by atoms with Crippen molar-refractivity contribution in [1.29, 1.82) is 0 Å². The lowest BCUT2D eigenvalue weighted by atomic mass is 9.88. The van der Waals surface area contributed by atoms with Crippen LogP contribution in [0.2, 0.25) is 0 Å². The molecule has 176 valence electrons. The van der Waals surface area contributed by atoms with Gasteiger partial charge in [-0.2, -0.15) is 0 Å². The second-order valence-electron chi connectivity index (χ2n) is 7.60. The van der Waals surface area contributed by atoms with Gasteiger partial charge in [0.05, 0.1) is 18.8 Å². The van der Waals surface area contributed by atoms with Crippen LogP contribution in [-0.2, 0) is 20.9 Å². The van der Waals surface area contributed by atoms with Crippen LogP contribution in [0, 0.1) is 5.92 Å². The summed E-state index contributed by atoms with van der Waals surface area (Å²) >= 11 is 0. The average Bonchev–Trinajstić information content (AvgIpc) is 3.31. The van der Waals surface area contributed by atoms with Gasteiger partial charge in [-0.1, -0.05) is 35.4 Å². The lowest BCUT2D eigenvalue weighted by molar-refractivity contribution is -0.146. The summed E-state index contributed by atoms with van der Waals surface area (Å²) in [6, 6.07) is 13.9. The van der Waals surface area contributed by atoms with Crippen molar-refractivity contribution in [2.24, 2.45) is 10.9 Å². The number of tetrazole rings is 1. The molecule has 0 bridgehead atoms. The molecule has 0 fully saturated rings. The van der Waals surface area contributed by atoms with Gasteiger partial charge >= 0.3 is 11.9 Å². The minimum atomic E-state index is -0.704. The van der Waals surface area contributed by atoms with E-state index in [1.165, 1.54) is 4.68 Å². The van der Waals surface area contributed by atoms with Crippen molar-refractivity contribution in [2.45, 2.75) is 33.4 Å². The van der Waals surface area contributed by atoms with E-state index in [0.717, 1.165) is 11.1 Å². The van der Waals surface area contributed by atoms with E-state index in [4.69, 9.17) is 14.2 Å². The number of benzene rings is 2. The maximum absolute atomic E-state index is 12.9. The first kappa shape index (κ1) is 23.1. The molecule has 0 saturated heterocycles. The molecule has 2 aromatic carbocycles. The molecule has 2 atom stereocenters. The molecule has 1 aromatic heterocycles. The normalized spacial score (nSPS) is 16.9. The molecule has 3 aromatic rings. The minimum absolute atomic E-state index is 0.248. The van der Waals surface area contributed by atoms with Crippen molar-refractivity contribution >= 4 is 23.6 Å². The first-order chi connectivity index (χ1) is 16.5. The van der Waals surface area contributed by atoms with Gasteiger partial charge in [-0.3, -0.25) is 4.79 Å². The SMILES string of the molecule is CCOC(=O)c1ccc(COc2ccccc2C2C(C(=O)OCC)C(C)=Nc3nnnn32)cc1. The topological polar surface area (TPSA) is 118 Å². The molecular formula is C24H25N5O5. The zero-order valence-corrected chi connectivity index (χ0v) is 19.2. The summed E-state index contributed by atoms with van der Waals surface area (Å²) in [5.41, 5.74) is 2.64. The number of para-hydroxylation sites is 1. The Morgan fingerprint density at radius 3 is 2.47 bits per heavy atom. The maximum Gasteiger partial charge on any atom is 0.338 e. The number of carbonyl (C=O) groups excluding carboxylic acids is 2. The number of fused-ring (bicyclic) bond motifs is 1. The van der Waals surface area contributed by atoms with Crippen molar-refractivity contribution in [1.82, 2.24) is 20.2 Å². The van der Waals surface area contributed by atoms with Crippen molar-refractivity contribution < 1.29 is 23.8 Å². The number of aliphatic imine (C=N–C) groups is 1. The fraction of sp³-hybridized carbons (Fsp3) is 0.333. The minimum Gasteiger partial charge on any atom is -0.489 e. The summed E-state index contributed by atoms with van der Waals surface area (Å²) in [7, 11) is 0. The summed E-state index contributed by atoms with van der Waals surface area (Å²) in [6.07, 6.45) is 0. The second-order valence-corrected chi connectivity index (χ2v) is 7.60. The molecule has 4 rings (SSSR count). The summed E-state index contributed by atoms with van der Waals surface area (Å²) in [4.78, 5) is 29.1. The smallest absolute Gasteiger partial charge is 0.338 e. The Bertz CT molecular complexity index is 1200. The molecular weight excluding hydrogens is 438 g/mol. The highest BCUT2D eigenvalue weighted by Crippen LogP contribution is 2.39. The molecule has 0 spiro atoms. The van der Waals surface area contributed by atoms with E-state index in [1.54, 1.807) is 32.9 Å². The largest absolute Gasteiger partial charge is 0.489 e. The van der Waals surface area contributed by atoms with Crippen LogP contribution in [0.5, 0.6) is 5.75 Å². The van der Waals surface area contributed by atoms with Gasteiger partial charge in [0.2, 0.25) is 0 Å². The molecule has 34 heavy (non-hydrogen) atoms. The lowest BCUT2D eigenvalue weighted by Gasteiger charge is -2.30. The van der Waals surface area contributed by atoms with Crippen molar-refractivity contribution in [3.63, 3.8) is 0 Å². The first-order valence-electron chi connectivity index (χ1n) is 11.0. The Hall–Kier alpha value is -4.08. The third-order valence-electron chi connectivity index (χ3n) is 5.42. The van der Waals surface area contributed by atoms with E-state index >= 15 is 0 Å². The Kier molecular flexibility index (Phi) is 6.95. The fourth-order valence-electron chi connectivity index (χ4n) is 3.85. The maximum atomic E-state index is 12.9. The third kappa shape index (κ3) is 4.66. The number of nitrogens with zero attached hydrogens (tertiary/aromatic N) is 5. The standard InChI is InChI=1S/C24H25N5O5/c1-4-32-22(30)17-12-10-16(11-13-17)14-34-19-9-7-6-8-18(19)21-20(23(31)33-5-2)15(3)25-24-26-27-28-29(21)24/h6-13,20-21H,4-5,14H2,1-3H3. The number of carbonyl (C=O) groups is 2. The molecule has 0 saturated carbocycles. The average molecular weight is 463 g/mol. The van der Waals surface area contributed by atoms with E-state index in [1.807, 2.05) is 36.4 Å². The van der Waals surface area contributed by atoms with Gasteiger partial charge in [0, 0.05) is 11.3 Å². The number of hydrogen-bond acceptors (Lipinski definition) is 9. The van der Waals surface area contributed by atoms with Crippen molar-refractivity contribution in [2.75, 3.05) is 13.2 Å². The monoisotopic (exact) mass is 463 g/mol. The third-order valence-corrected chi connectivity index (χ3v) is 5.42. The number of esters is 2. The quantitative estimate of drug-likeness (QED) is 0.467. The zero-order chi connectivity index (χ0) is 24.1. The number of hydrogen-bond donors (Lipinski definition) is 0. The van der Waals surface area contributed by atoms with Gasteiger partial charge in [-0.05, 0) is 55.0 Å². The number of rotatable bonds is 8. The highest BCUT2D eigenvalue weighted by atomic mass is 16.5.